The van der Waals surface area contributed by atoms with E-state index in [0.717, 1.165) is 31.7 Å². The summed E-state index contributed by atoms with van der Waals surface area (Å²) in [4.78, 5) is 26.8. The molecule has 1 aliphatic rings. The van der Waals surface area contributed by atoms with Crippen LogP contribution in [0, 0.1) is 19.8 Å². The van der Waals surface area contributed by atoms with Crippen molar-refractivity contribution in [1.29, 1.82) is 0 Å². The van der Waals surface area contributed by atoms with Gasteiger partial charge in [0.15, 0.2) is 5.43 Å². The van der Waals surface area contributed by atoms with E-state index in [2.05, 4.69) is 10.3 Å². The first-order valence-corrected chi connectivity index (χ1v) is 6.64. The van der Waals surface area contributed by atoms with Crippen LogP contribution < -0.4 is 10.7 Å². The minimum absolute atomic E-state index is 0.216. The number of hydrogen-bond donors (Lipinski definition) is 2. The molecule has 1 saturated heterocycles. The van der Waals surface area contributed by atoms with E-state index in [9.17, 15) is 9.59 Å². The van der Waals surface area contributed by atoms with Gasteiger partial charge in [-0.1, -0.05) is 0 Å². The second kappa shape index (κ2) is 6.02. The lowest BCUT2D eigenvalue weighted by molar-refractivity contribution is 0.0948. The number of amides is 1. The lowest BCUT2D eigenvalue weighted by Gasteiger charge is -2.10. The summed E-state index contributed by atoms with van der Waals surface area (Å²) in [5.41, 5.74) is 1.37. The van der Waals surface area contributed by atoms with E-state index in [4.69, 9.17) is 4.74 Å². The van der Waals surface area contributed by atoms with Crippen molar-refractivity contribution in [2.24, 2.45) is 5.92 Å². The fourth-order valence-electron chi connectivity index (χ4n) is 2.42. The van der Waals surface area contributed by atoms with Gasteiger partial charge in [-0.3, -0.25) is 9.59 Å². The first-order valence-electron chi connectivity index (χ1n) is 6.64. The predicted octanol–water partition coefficient (Wildman–Crippen LogP) is 1.15. The summed E-state index contributed by atoms with van der Waals surface area (Å²) in [7, 11) is 0. The number of aryl methyl sites for hydroxylation is 2. The van der Waals surface area contributed by atoms with Crippen LogP contribution in [0.2, 0.25) is 0 Å². The highest BCUT2D eigenvalue weighted by molar-refractivity contribution is 5.95. The molecule has 2 N–H and O–H groups in total. The molecule has 1 aromatic heterocycles. The molecule has 0 spiro atoms. The van der Waals surface area contributed by atoms with Gasteiger partial charge in [0.1, 0.15) is 5.56 Å². The molecule has 0 aromatic carbocycles. The van der Waals surface area contributed by atoms with Crippen LogP contribution in [0.4, 0.5) is 0 Å². The van der Waals surface area contributed by atoms with E-state index in [1.165, 1.54) is 6.07 Å². The number of pyridine rings is 1. The van der Waals surface area contributed by atoms with Crippen molar-refractivity contribution in [1.82, 2.24) is 10.3 Å². The molecule has 0 bridgehead atoms. The fraction of sp³-hybridized carbons (Fsp3) is 0.571. The van der Waals surface area contributed by atoms with Crippen molar-refractivity contribution in [2.45, 2.75) is 26.7 Å². The molecule has 0 aliphatic carbocycles. The minimum atomic E-state index is -0.294. The Kier molecular flexibility index (Phi) is 4.37. The maximum atomic E-state index is 12.0. The third kappa shape index (κ3) is 3.44. The Morgan fingerprint density at radius 3 is 2.95 bits per heavy atom. The lowest BCUT2D eigenvalue weighted by Crippen LogP contribution is -2.31. The van der Waals surface area contributed by atoms with Crippen LogP contribution in [0.25, 0.3) is 0 Å². The zero-order valence-corrected chi connectivity index (χ0v) is 11.4. The highest BCUT2D eigenvalue weighted by atomic mass is 16.5. The van der Waals surface area contributed by atoms with Crippen molar-refractivity contribution < 1.29 is 9.53 Å². The average molecular weight is 264 g/mol. The number of nitrogens with one attached hydrogen (secondary N) is 2. The second-order valence-electron chi connectivity index (χ2n) is 5.09. The van der Waals surface area contributed by atoms with Crippen molar-refractivity contribution in [3.8, 4) is 0 Å². The van der Waals surface area contributed by atoms with Gasteiger partial charge in [0.25, 0.3) is 5.91 Å². The Morgan fingerprint density at radius 1 is 1.53 bits per heavy atom. The standard InChI is InChI=1S/C14H20N2O3/c1-9-7-12(17)13(10(2)16-9)14(18)15-5-3-11-4-6-19-8-11/h7,11H,3-6,8H2,1-2H3,(H,15,18)(H,16,17)/t11-/m1/s1. The van der Waals surface area contributed by atoms with E-state index in [1.807, 2.05) is 0 Å². The van der Waals surface area contributed by atoms with Gasteiger partial charge >= 0.3 is 0 Å². The quantitative estimate of drug-likeness (QED) is 0.857. The summed E-state index contributed by atoms with van der Waals surface area (Å²) in [6.07, 6.45) is 1.95. The minimum Gasteiger partial charge on any atom is -0.381 e. The van der Waals surface area contributed by atoms with Crippen LogP contribution in [-0.4, -0.2) is 30.6 Å². The summed E-state index contributed by atoms with van der Waals surface area (Å²) in [5.74, 6) is 0.232. The Balaban J connectivity index is 1.94. The van der Waals surface area contributed by atoms with Gasteiger partial charge < -0.3 is 15.0 Å². The monoisotopic (exact) mass is 264 g/mol. The first kappa shape index (κ1) is 13.8. The first-order chi connectivity index (χ1) is 9.08. The molecule has 1 amide bonds. The molecule has 1 aromatic rings. The highest BCUT2D eigenvalue weighted by Crippen LogP contribution is 2.15. The predicted molar refractivity (Wildman–Crippen MR) is 72.4 cm³/mol. The molecule has 2 rings (SSSR count). The summed E-state index contributed by atoms with van der Waals surface area (Å²) >= 11 is 0. The van der Waals surface area contributed by atoms with Gasteiger partial charge in [-0.15, -0.1) is 0 Å². The van der Waals surface area contributed by atoms with Gasteiger partial charge in [-0.05, 0) is 32.6 Å². The third-order valence-corrected chi connectivity index (χ3v) is 3.44. The zero-order chi connectivity index (χ0) is 13.8. The highest BCUT2D eigenvalue weighted by Gasteiger charge is 2.17. The van der Waals surface area contributed by atoms with Crippen LogP contribution in [0.5, 0.6) is 0 Å². The molecule has 0 radical (unpaired) electrons. The van der Waals surface area contributed by atoms with Gasteiger partial charge in [0.2, 0.25) is 0 Å². The molecule has 104 valence electrons. The average Bonchev–Trinajstić information content (AvgIpc) is 2.80. The normalized spacial score (nSPS) is 18.5. The third-order valence-electron chi connectivity index (χ3n) is 3.44. The molecule has 5 heteroatoms. The lowest BCUT2D eigenvalue weighted by atomic mass is 10.1. The topological polar surface area (TPSA) is 71.2 Å². The molecular weight excluding hydrogens is 244 g/mol. The number of hydrogen-bond acceptors (Lipinski definition) is 3. The van der Waals surface area contributed by atoms with Gasteiger partial charge in [0, 0.05) is 37.2 Å². The van der Waals surface area contributed by atoms with Crippen LogP contribution in [0.15, 0.2) is 10.9 Å². The smallest absolute Gasteiger partial charge is 0.257 e. The Morgan fingerprint density at radius 2 is 2.32 bits per heavy atom. The molecule has 1 atom stereocenters. The molecule has 0 unspecified atom stereocenters. The molecule has 1 fully saturated rings. The van der Waals surface area contributed by atoms with E-state index in [1.54, 1.807) is 13.8 Å². The number of carbonyl (C=O) groups excluding carboxylic acids is 1. The summed E-state index contributed by atoms with van der Waals surface area (Å²) in [6.45, 7) is 5.72. The summed E-state index contributed by atoms with van der Waals surface area (Å²) < 4.78 is 5.28. The number of rotatable bonds is 4. The molecule has 0 saturated carbocycles. The van der Waals surface area contributed by atoms with E-state index in [0.29, 0.717) is 18.2 Å². The SMILES string of the molecule is Cc1cc(=O)c(C(=O)NCC[C@@H]2CCOC2)c(C)[nH]1. The summed E-state index contributed by atoms with van der Waals surface area (Å²) in [5, 5.41) is 2.81. The molecule has 19 heavy (non-hydrogen) atoms. The van der Waals surface area contributed by atoms with E-state index in [-0.39, 0.29) is 16.9 Å². The van der Waals surface area contributed by atoms with Crippen LogP contribution >= 0.6 is 0 Å². The van der Waals surface area contributed by atoms with E-state index >= 15 is 0 Å². The Hall–Kier alpha value is -1.62. The summed E-state index contributed by atoms with van der Waals surface area (Å²) in [6, 6.07) is 1.45. The Bertz CT molecular complexity index is 516. The Labute approximate surface area is 112 Å². The van der Waals surface area contributed by atoms with Crippen LogP contribution in [0.3, 0.4) is 0 Å². The molecule has 5 nitrogen and oxygen atoms in total. The van der Waals surface area contributed by atoms with E-state index < -0.39 is 0 Å². The van der Waals surface area contributed by atoms with Crippen molar-refractivity contribution in [3.63, 3.8) is 0 Å². The molecule has 2 heterocycles. The van der Waals surface area contributed by atoms with Gasteiger partial charge in [-0.2, -0.15) is 0 Å². The largest absolute Gasteiger partial charge is 0.381 e. The zero-order valence-electron chi connectivity index (χ0n) is 11.4. The van der Waals surface area contributed by atoms with Crippen molar-refractivity contribution >= 4 is 5.91 Å². The van der Waals surface area contributed by atoms with Crippen LogP contribution in [-0.2, 0) is 4.74 Å². The number of aromatic nitrogens is 1. The molecular formula is C14H20N2O3. The number of carbonyl (C=O) groups is 1. The number of aromatic amines is 1. The van der Waals surface area contributed by atoms with Gasteiger partial charge in [-0.25, -0.2) is 0 Å². The number of H-pyrrole nitrogens is 1. The maximum absolute atomic E-state index is 12.0. The number of ether oxygens (including phenoxy) is 1. The fourth-order valence-corrected chi connectivity index (χ4v) is 2.42. The maximum Gasteiger partial charge on any atom is 0.257 e. The van der Waals surface area contributed by atoms with Crippen molar-refractivity contribution in [3.05, 3.63) is 33.2 Å². The van der Waals surface area contributed by atoms with Crippen molar-refractivity contribution in [2.75, 3.05) is 19.8 Å². The van der Waals surface area contributed by atoms with Crippen LogP contribution in [0.1, 0.15) is 34.6 Å². The second-order valence-corrected chi connectivity index (χ2v) is 5.09. The van der Waals surface area contributed by atoms with Gasteiger partial charge in [0.05, 0.1) is 0 Å². The molecule has 1 aliphatic heterocycles.